The number of sulfonamides is 1. The van der Waals surface area contributed by atoms with E-state index < -0.39 is 16.0 Å². The van der Waals surface area contributed by atoms with E-state index in [4.69, 9.17) is 14.2 Å². The van der Waals surface area contributed by atoms with E-state index in [-0.39, 0.29) is 27.8 Å². The molecule has 0 saturated carbocycles. The van der Waals surface area contributed by atoms with Crippen molar-refractivity contribution >= 4 is 21.7 Å². The van der Waals surface area contributed by atoms with Crippen molar-refractivity contribution in [3.05, 3.63) is 47.0 Å². The topological polar surface area (TPSA) is 90.9 Å². The fraction of sp³-hybridized carbons (Fsp3) is 0.350. The number of hydrogen-bond acceptors (Lipinski definition) is 6. The Bertz CT molecular complexity index is 982. The summed E-state index contributed by atoms with van der Waals surface area (Å²) < 4.78 is 44.0. The maximum Gasteiger partial charge on any atom is 0.337 e. The molecule has 152 valence electrons. The van der Waals surface area contributed by atoms with Crippen LogP contribution in [0.15, 0.2) is 35.2 Å². The minimum Gasteiger partial charge on any atom is -0.496 e. The van der Waals surface area contributed by atoms with Gasteiger partial charge >= 0.3 is 5.97 Å². The summed E-state index contributed by atoms with van der Waals surface area (Å²) in [5.41, 5.74) is 1.67. The van der Waals surface area contributed by atoms with Crippen molar-refractivity contribution < 1.29 is 27.4 Å². The van der Waals surface area contributed by atoms with Gasteiger partial charge in [-0.05, 0) is 54.3 Å². The number of rotatable bonds is 7. The van der Waals surface area contributed by atoms with E-state index in [0.717, 1.165) is 5.56 Å². The zero-order valence-corrected chi connectivity index (χ0v) is 17.6. The van der Waals surface area contributed by atoms with Crippen molar-refractivity contribution in [2.75, 3.05) is 26.1 Å². The number of aryl methyl sites for hydroxylation is 1. The average molecular weight is 407 g/mol. The van der Waals surface area contributed by atoms with Crippen LogP contribution in [0.2, 0.25) is 0 Å². The highest BCUT2D eigenvalue weighted by Gasteiger charge is 2.23. The van der Waals surface area contributed by atoms with Gasteiger partial charge in [0.25, 0.3) is 10.0 Å². The Balaban J connectivity index is 2.55. The van der Waals surface area contributed by atoms with Crippen molar-refractivity contribution in [1.82, 2.24) is 0 Å². The Kier molecular flexibility index (Phi) is 6.56. The molecule has 0 saturated heterocycles. The summed E-state index contributed by atoms with van der Waals surface area (Å²) in [4.78, 5) is 11.9. The summed E-state index contributed by atoms with van der Waals surface area (Å²) in [5, 5.41) is 0. The van der Waals surface area contributed by atoms with Gasteiger partial charge in [0.2, 0.25) is 0 Å². The lowest BCUT2D eigenvalue weighted by Gasteiger charge is -2.18. The molecule has 8 heteroatoms. The maximum absolute atomic E-state index is 13.1. The largest absolute Gasteiger partial charge is 0.496 e. The summed E-state index contributed by atoms with van der Waals surface area (Å²) in [7, 11) is 0.279. The van der Waals surface area contributed by atoms with E-state index >= 15 is 0 Å². The number of hydrogen-bond donors (Lipinski definition) is 1. The Labute approximate surface area is 165 Å². The predicted molar refractivity (Wildman–Crippen MR) is 107 cm³/mol. The minimum atomic E-state index is -3.94. The van der Waals surface area contributed by atoms with Crippen LogP contribution >= 0.6 is 0 Å². The third-order valence-electron chi connectivity index (χ3n) is 4.30. The fourth-order valence-electron chi connectivity index (χ4n) is 2.83. The molecule has 0 aromatic heterocycles. The molecule has 1 N–H and O–H groups in total. The van der Waals surface area contributed by atoms with Crippen LogP contribution in [0.25, 0.3) is 0 Å². The molecule has 0 radical (unpaired) electrons. The molecule has 7 nitrogen and oxygen atoms in total. The molecule has 2 aromatic carbocycles. The molecule has 0 aliphatic carbocycles. The van der Waals surface area contributed by atoms with E-state index in [2.05, 4.69) is 4.72 Å². The van der Waals surface area contributed by atoms with Gasteiger partial charge in [0.15, 0.2) is 0 Å². The Hall–Kier alpha value is -2.74. The van der Waals surface area contributed by atoms with Gasteiger partial charge in [0.05, 0.1) is 37.5 Å². The van der Waals surface area contributed by atoms with E-state index in [1.165, 1.54) is 32.4 Å². The van der Waals surface area contributed by atoms with Crippen LogP contribution in [0.5, 0.6) is 11.5 Å². The zero-order chi connectivity index (χ0) is 21.1. The Morgan fingerprint density at radius 2 is 1.64 bits per heavy atom. The molecule has 28 heavy (non-hydrogen) atoms. The monoisotopic (exact) mass is 407 g/mol. The van der Waals surface area contributed by atoms with Crippen molar-refractivity contribution in [3.8, 4) is 11.5 Å². The number of esters is 1. The van der Waals surface area contributed by atoms with Gasteiger partial charge in [-0.2, -0.15) is 0 Å². The van der Waals surface area contributed by atoms with Gasteiger partial charge in [0, 0.05) is 0 Å². The number of nitrogens with one attached hydrogen (secondary N) is 1. The summed E-state index contributed by atoms with van der Waals surface area (Å²) >= 11 is 0. The molecule has 2 aromatic rings. The summed E-state index contributed by atoms with van der Waals surface area (Å²) in [6.45, 7) is 5.61. The number of benzene rings is 2. The van der Waals surface area contributed by atoms with Gasteiger partial charge in [0.1, 0.15) is 11.5 Å². The highest BCUT2D eigenvalue weighted by atomic mass is 32.2. The molecule has 0 heterocycles. The van der Waals surface area contributed by atoms with Gasteiger partial charge in [-0.15, -0.1) is 0 Å². The summed E-state index contributed by atoms with van der Waals surface area (Å²) in [6, 6.07) is 7.69. The van der Waals surface area contributed by atoms with Crippen LogP contribution in [0.3, 0.4) is 0 Å². The number of methoxy groups -OCH3 is 3. The lowest BCUT2D eigenvalue weighted by atomic mass is 10.0. The normalized spacial score (nSPS) is 11.2. The van der Waals surface area contributed by atoms with E-state index in [0.29, 0.717) is 11.3 Å². The average Bonchev–Trinajstić information content (AvgIpc) is 2.66. The first kappa shape index (κ1) is 21.6. The van der Waals surface area contributed by atoms with Crippen molar-refractivity contribution in [3.63, 3.8) is 0 Å². The maximum atomic E-state index is 13.1. The Morgan fingerprint density at radius 1 is 1.00 bits per heavy atom. The lowest BCUT2D eigenvalue weighted by molar-refractivity contribution is 0.0600. The SMILES string of the molecule is COC(=O)c1ccc(OC)c(NS(=O)(=O)c2cc(C(C)C)c(OC)cc2C)c1. The number of anilines is 1. The summed E-state index contributed by atoms with van der Waals surface area (Å²) in [6.07, 6.45) is 0. The van der Waals surface area contributed by atoms with Gasteiger partial charge in [-0.25, -0.2) is 13.2 Å². The first-order chi connectivity index (χ1) is 13.1. The highest BCUT2D eigenvalue weighted by molar-refractivity contribution is 7.92. The van der Waals surface area contributed by atoms with E-state index in [9.17, 15) is 13.2 Å². The molecule has 0 fully saturated rings. The van der Waals surface area contributed by atoms with Crippen LogP contribution in [0.1, 0.15) is 41.3 Å². The molecule has 2 rings (SSSR count). The first-order valence-corrected chi connectivity index (χ1v) is 10.1. The standard InChI is InChI=1S/C20H25NO6S/c1-12(2)15-11-19(13(3)9-18(15)26-5)28(23,24)21-16-10-14(20(22)27-6)7-8-17(16)25-4/h7-12,21H,1-6H3. The molecule has 0 spiro atoms. The second-order valence-electron chi connectivity index (χ2n) is 6.53. The predicted octanol–water partition coefficient (Wildman–Crippen LogP) is 3.72. The molecule has 0 unspecified atom stereocenters. The highest BCUT2D eigenvalue weighted by Crippen LogP contribution is 2.34. The molecule has 0 bridgehead atoms. The third-order valence-corrected chi connectivity index (χ3v) is 5.81. The van der Waals surface area contributed by atoms with Crippen LogP contribution in [-0.4, -0.2) is 35.7 Å². The van der Waals surface area contributed by atoms with Crippen molar-refractivity contribution in [2.24, 2.45) is 0 Å². The molecule has 0 atom stereocenters. The van der Waals surface area contributed by atoms with Gasteiger partial charge in [-0.3, -0.25) is 4.72 Å². The van der Waals surface area contributed by atoms with Gasteiger partial charge in [-0.1, -0.05) is 13.8 Å². The van der Waals surface area contributed by atoms with Crippen molar-refractivity contribution in [1.29, 1.82) is 0 Å². The zero-order valence-electron chi connectivity index (χ0n) is 16.8. The van der Waals surface area contributed by atoms with E-state index in [1.807, 2.05) is 13.8 Å². The quantitative estimate of drug-likeness (QED) is 0.704. The van der Waals surface area contributed by atoms with Gasteiger partial charge < -0.3 is 14.2 Å². The van der Waals surface area contributed by atoms with Crippen LogP contribution < -0.4 is 14.2 Å². The molecular formula is C20H25NO6S. The molecule has 0 aliphatic rings. The molecule has 0 amide bonds. The van der Waals surface area contributed by atoms with E-state index in [1.54, 1.807) is 26.2 Å². The smallest absolute Gasteiger partial charge is 0.337 e. The number of carbonyl (C=O) groups excluding carboxylic acids is 1. The second kappa shape index (κ2) is 8.52. The Morgan fingerprint density at radius 3 is 2.18 bits per heavy atom. The lowest BCUT2D eigenvalue weighted by Crippen LogP contribution is -2.16. The van der Waals surface area contributed by atoms with Crippen molar-refractivity contribution in [2.45, 2.75) is 31.6 Å². The third kappa shape index (κ3) is 4.39. The minimum absolute atomic E-state index is 0.0710. The number of carbonyl (C=O) groups is 1. The summed E-state index contributed by atoms with van der Waals surface area (Å²) in [5.74, 6) is 0.413. The second-order valence-corrected chi connectivity index (χ2v) is 8.18. The molecular weight excluding hydrogens is 382 g/mol. The number of ether oxygens (including phenoxy) is 3. The van der Waals surface area contributed by atoms with Crippen LogP contribution in [0, 0.1) is 6.92 Å². The molecule has 0 aliphatic heterocycles. The van der Waals surface area contributed by atoms with Crippen LogP contribution in [-0.2, 0) is 14.8 Å². The first-order valence-electron chi connectivity index (χ1n) is 8.62. The fourth-order valence-corrected chi connectivity index (χ4v) is 4.15. The van der Waals surface area contributed by atoms with Crippen LogP contribution in [0.4, 0.5) is 5.69 Å².